The quantitative estimate of drug-likeness (QED) is 0.579. The molecule has 0 amide bonds. The zero-order valence-corrected chi connectivity index (χ0v) is 17.5. The number of nitrogens with zero attached hydrogens (tertiary/aromatic N) is 5. The van der Waals surface area contributed by atoms with E-state index < -0.39 is 11.7 Å². The monoisotopic (exact) mass is 443 g/mol. The normalized spacial score (nSPS) is 15.5. The smallest absolute Gasteiger partial charge is 0.354 e. The summed E-state index contributed by atoms with van der Waals surface area (Å²) in [6.07, 6.45) is -1.69. The number of thiazole rings is 1. The first-order chi connectivity index (χ1) is 14.9. The Morgan fingerprint density at radius 1 is 1.06 bits per heavy atom. The fourth-order valence-corrected chi connectivity index (χ4v) is 4.44. The van der Waals surface area contributed by atoms with Crippen molar-refractivity contribution in [3.8, 4) is 16.6 Å². The first-order valence-corrected chi connectivity index (χ1v) is 10.8. The number of nitriles is 1. The Kier molecular flexibility index (Phi) is 6.20. The zero-order chi connectivity index (χ0) is 21.8. The summed E-state index contributed by atoms with van der Waals surface area (Å²) in [5.41, 5.74) is 1.51. The molecule has 0 N–H and O–H groups in total. The molecule has 1 fully saturated rings. The number of rotatable bonds is 4. The number of benzene rings is 1. The van der Waals surface area contributed by atoms with Gasteiger partial charge in [0.05, 0.1) is 16.8 Å². The second kappa shape index (κ2) is 9.04. The number of anilines is 1. The van der Waals surface area contributed by atoms with Crippen LogP contribution in [0.4, 0.5) is 19.0 Å². The van der Waals surface area contributed by atoms with E-state index in [1.54, 1.807) is 18.3 Å². The highest BCUT2D eigenvalue weighted by molar-refractivity contribution is 7.13. The molecule has 0 spiro atoms. The van der Waals surface area contributed by atoms with Gasteiger partial charge in [-0.15, -0.1) is 11.3 Å². The summed E-state index contributed by atoms with van der Waals surface area (Å²) in [6.45, 7) is 3.99. The molecule has 0 bridgehead atoms. The summed E-state index contributed by atoms with van der Waals surface area (Å²) in [5, 5.41) is 12.0. The van der Waals surface area contributed by atoms with Crippen LogP contribution in [0.1, 0.15) is 23.2 Å². The van der Waals surface area contributed by atoms with Crippen molar-refractivity contribution < 1.29 is 13.2 Å². The average Bonchev–Trinajstić information content (AvgIpc) is 3.11. The van der Waals surface area contributed by atoms with E-state index in [0.717, 1.165) is 56.2 Å². The molecule has 9 heteroatoms. The Balaban J connectivity index is 1.39. The molecule has 0 atom stereocenters. The molecule has 1 aliphatic rings. The van der Waals surface area contributed by atoms with Crippen LogP contribution in [0.3, 0.4) is 0 Å². The molecule has 5 nitrogen and oxygen atoms in total. The second-order valence-electron chi connectivity index (χ2n) is 7.32. The van der Waals surface area contributed by atoms with Gasteiger partial charge in [-0.25, -0.2) is 9.97 Å². The first-order valence-electron chi connectivity index (χ1n) is 9.88. The molecular weight excluding hydrogens is 423 g/mol. The van der Waals surface area contributed by atoms with Gasteiger partial charge in [0, 0.05) is 49.9 Å². The van der Waals surface area contributed by atoms with Gasteiger partial charge in [0.2, 0.25) is 0 Å². The molecule has 0 radical (unpaired) electrons. The molecule has 0 unspecified atom stereocenters. The fourth-order valence-electron chi connectivity index (χ4n) is 3.62. The average molecular weight is 443 g/mol. The van der Waals surface area contributed by atoms with E-state index in [1.807, 2.05) is 5.38 Å². The van der Waals surface area contributed by atoms with Gasteiger partial charge in [-0.1, -0.05) is 12.1 Å². The molecule has 3 aromatic rings. The lowest BCUT2D eigenvalue weighted by Crippen LogP contribution is -2.31. The SMILES string of the molecule is N#Cc1cccnc1N1CCCN(Cc2csc(-c3ccc(C(F)(F)F)cc3)n2)CC1. The number of hydrogen-bond donors (Lipinski definition) is 0. The van der Waals surface area contributed by atoms with Crippen LogP contribution in [0.25, 0.3) is 10.6 Å². The summed E-state index contributed by atoms with van der Waals surface area (Å²) >= 11 is 1.44. The van der Waals surface area contributed by atoms with Crippen LogP contribution in [0.2, 0.25) is 0 Å². The maximum absolute atomic E-state index is 12.8. The summed E-state index contributed by atoms with van der Waals surface area (Å²) in [6, 6.07) is 10.9. The Morgan fingerprint density at radius 2 is 1.87 bits per heavy atom. The lowest BCUT2D eigenvalue weighted by atomic mass is 10.1. The third-order valence-corrected chi connectivity index (χ3v) is 6.13. The van der Waals surface area contributed by atoms with E-state index >= 15 is 0 Å². The minimum absolute atomic E-state index is 0.580. The Labute approximate surface area is 182 Å². The lowest BCUT2D eigenvalue weighted by Gasteiger charge is -2.23. The highest BCUT2D eigenvalue weighted by Crippen LogP contribution is 2.32. The molecular formula is C22H20F3N5S. The largest absolute Gasteiger partial charge is 0.416 e. The topological polar surface area (TPSA) is 56.1 Å². The van der Waals surface area contributed by atoms with E-state index in [1.165, 1.54) is 23.5 Å². The van der Waals surface area contributed by atoms with Gasteiger partial charge in [0.15, 0.2) is 0 Å². The van der Waals surface area contributed by atoms with E-state index in [2.05, 4.69) is 25.8 Å². The molecule has 0 aliphatic carbocycles. The standard InChI is InChI=1S/C22H20F3N5S/c23-22(24,25)18-6-4-16(5-7-18)21-28-19(15-31-21)14-29-9-2-10-30(12-11-29)20-17(13-26)3-1-8-27-20/h1,3-8,15H,2,9-12,14H2. The highest BCUT2D eigenvalue weighted by Gasteiger charge is 2.30. The predicted molar refractivity (Wildman–Crippen MR) is 114 cm³/mol. The molecule has 4 rings (SSSR count). The van der Waals surface area contributed by atoms with Crippen LogP contribution in [0.15, 0.2) is 48.0 Å². The van der Waals surface area contributed by atoms with Gasteiger partial charge in [-0.2, -0.15) is 18.4 Å². The van der Waals surface area contributed by atoms with Gasteiger partial charge in [0.1, 0.15) is 16.9 Å². The van der Waals surface area contributed by atoms with Crippen molar-refractivity contribution in [2.75, 3.05) is 31.1 Å². The van der Waals surface area contributed by atoms with Gasteiger partial charge < -0.3 is 4.90 Å². The van der Waals surface area contributed by atoms with E-state index in [9.17, 15) is 18.4 Å². The Morgan fingerprint density at radius 3 is 2.61 bits per heavy atom. The molecule has 31 heavy (non-hydrogen) atoms. The maximum Gasteiger partial charge on any atom is 0.416 e. The minimum Gasteiger partial charge on any atom is -0.354 e. The summed E-state index contributed by atoms with van der Waals surface area (Å²) < 4.78 is 38.3. The van der Waals surface area contributed by atoms with Crippen molar-refractivity contribution in [1.29, 1.82) is 5.26 Å². The fraction of sp³-hybridized carbons (Fsp3) is 0.318. The minimum atomic E-state index is -4.34. The molecule has 1 saturated heterocycles. The second-order valence-corrected chi connectivity index (χ2v) is 8.18. The Bertz CT molecular complexity index is 1070. The van der Waals surface area contributed by atoms with E-state index in [0.29, 0.717) is 22.7 Å². The van der Waals surface area contributed by atoms with Crippen LogP contribution in [0, 0.1) is 11.3 Å². The van der Waals surface area contributed by atoms with Crippen molar-refractivity contribution in [2.24, 2.45) is 0 Å². The third-order valence-electron chi connectivity index (χ3n) is 5.19. The van der Waals surface area contributed by atoms with Gasteiger partial charge in [-0.3, -0.25) is 4.90 Å². The van der Waals surface area contributed by atoms with Crippen molar-refractivity contribution in [3.05, 3.63) is 64.8 Å². The zero-order valence-electron chi connectivity index (χ0n) is 16.6. The lowest BCUT2D eigenvalue weighted by molar-refractivity contribution is -0.137. The van der Waals surface area contributed by atoms with Gasteiger partial charge >= 0.3 is 6.18 Å². The molecule has 0 saturated carbocycles. The van der Waals surface area contributed by atoms with Crippen LogP contribution in [0.5, 0.6) is 0 Å². The van der Waals surface area contributed by atoms with Gasteiger partial charge in [0.25, 0.3) is 0 Å². The predicted octanol–water partition coefficient (Wildman–Crippen LogP) is 4.81. The van der Waals surface area contributed by atoms with Crippen LogP contribution in [-0.4, -0.2) is 41.0 Å². The van der Waals surface area contributed by atoms with Gasteiger partial charge in [-0.05, 0) is 30.7 Å². The summed E-state index contributed by atoms with van der Waals surface area (Å²) in [4.78, 5) is 13.5. The summed E-state index contributed by atoms with van der Waals surface area (Å²) in [5.74, 6) is 0.727. The van der Waals surface area contributed by atoms with Crippen LogP contribution in [-0.2, 0) is 12.7 Å². The molecule has 160 valence electrons. The number of hydrogen-bond acceptors (Lipinski definition) is 6. The Hall–Kier alpha value is -2.96. The molecule has 1 aromatic carbocycles. The number of alkyl halides is 3. The van der Waals surface area contributed by atoms with Crippen molar-refractivity contribution >= 4 is 17.2 Å². The number of pyridine rings is 1. The van der Waals surface area contributed by atoms with Crippen molar-refractivity contribution in [2.45, 2.75) is 19.1 Å². The first kappa shape index (κ1) is 21.3. The molecule has 1 aliphatic heterocycles. The van der Waals surface area contributed by atoms with Crippen LogP contribution < -0.4 is 4.90 Å². The maximum atomic E-state index is 12.8. The molecule has 2 aromatic heterocycles. The van der Waals surface area contributed by atoms with E-state index in [4.69, 9.17) is 0 Å². The number of halogens is 3. The number of aromatic nitrogens is 2. The summed E-state index contributed by atoms with van der Waals surface area (Å²) in [7, 11) is 0. The highest BCUT2D eigenvalue weighted by atomic mass is 32.1. The van der Waals surface area contributed by atoms with Crippen molar-refractivity contribution in [1.82, 2.24) is 14.9 Å². The third kappa shape index (κ3) is 5.03. The molecule has 3 heterocycles. The van der Waals surface area contributed by atoms with E-state index in [-0.39, 0.29) is 0 Å². The van der Waals surface area contributed by atoms with Crippen molar-refractivity contribution in [3.63, 3.8) is 0 Å². The van der Waals surface area contributed by atoms with Crippen LogP contribution >= 0.6 is 11.3 Å².